The van der Waals surface area contributed by atoms with Crippen molar-refractivity contribution < 1.29 is 9.85 Å². The van der Waals surface area contributed by atoms with E-state index in [4.69, 9.17) is 0 Å². The summed E-state index contributed by atoms with van der Waals surface area (Å²) in [4.78, 5) is 20.7. The summed E-state index contributed by atoms with van der Waals surface area (Å²) in [7, 11) is 0. The molecule has 31 heavy (non-hydrogen) atoms. The fourth-order valence-corrected chi connectivity index (χ4v) is 3.01. The van der Waals surface area contributed by atoms with Crippen LogP contribution in [0.5, 0.6) is 0 Å². The second kappa shape index (κ2) is 9.45. The third-order valence-corrected chi connectivity index (χ3v) is 4.61. The van der Waals surface area contributed by atoms with Crippen LogP contribution in [0.25, 0.3) is 16.7 Å². The Morgan fingerprint density at radius 3 is 2.13 bits per heavy atom. The molecule has 0 aliphatic heterocycles. The predicted molar refractivity (Wildman–Crippen MR) is 122 cm³/mol. The average Bonchev–Trinajstić information content (AvgIpc) is 2.78. The van der Waals surface area contributed by atoms with Crippen LogP contribution in [0.4, 0.5) is 17.1 Å². The molecule has 3 aromatic rings. The summed E-state index contributed by atoms with van der Waals surface area (Å²) in [5.74, 6) is 0. The molecule has 3 rings (SSSR count). The molecule has 8 nitrogen and oxygen atoms in total. The summed E-state index contributed by atoms with van der Waals surface area (Å²) in [5, 5.41) is 26.2. The number of hydrazone groups is 1. The van der Waals surface area contributed by atoms with E-state index in [-0.39, 0.29) is 11.4 Å². The van der Waals surface area contributed by atoms with Gasteiger partial charge in [0.05, 0.1) is 21.6 Å². The number of nitrogens with one attached hydrogen (secondary N) is 1. The maximum absolute atomic E-state index is 11.2. The van der Waals surface area contributed by atoms with Crippen molar-refractivity contribution in [3.05, 3.63) is 105 Å². The normalized spacial score (nSPS) is 11.8. The lowest BCUT2D eigenvalue weighted by molar-refractivity contribution is -0.393. The molecule has 0 amide bonds. The molecule has 0 saturated carbocycles. The van der Waals surface area contributed by atoms with E-state index in [1.54, 1.807) is 6.92 Å². The molecule has 0 aromatic heterocycles. The molecule has 0 spiro atoms. The van der Waals surface area contributed by atoms with Crippen molar-refractivity contribution in [2.24, 2.45) is 5.10 Å². The highest BCUT2D eigenvalue weighted by molar-refractivity contribution is 5.99. The number of rotatable bonds is 7. The second-order valence-corrected chi connectivity index (χ2v) is 6.85. The molecule has 8 heteroatoms. The lowest BCUT2D eigenvalue weighted by Gasteiger charge is -2.06. The fraction of sp³-hybridized carbons (Fsp3) is 0.0870. The Morgan fingerprint density at radius 1 is 0.871 bits per heavy atom. The van der Waals surface area contributed by atoms with E-state index in [1.165, 1.54) is 12.1 Å². The van der Waals surface area contributed by atoms with Gasteiger partial charge >= 0.3 is 5.69 Å². The maximum atomic E-state index is 11.2. The minimum atomic E-state index is -0.685. The molecule has 1 N–H and O–H groups in total. The number of hydrogen-bond acceptors (Lipinski definition) is 6. The van der Waals surface area contributed by atoms with E-state index in [0.29, 0.717) is 5.71 Å². The number of nitro benzene ring substituents is 2. The topological polar surface area (TPSA) is 111 Å². The zero-order valence-electron chi connectivity index (χ0n) is 17.0. The van der Waals surface area contributed by atoms with Gasteiger partial charge in [0.2, 0.25) is 0 Å². The average molecular weight is 416 g/mol. The van der Waals surface area contributed by atoms with Gasteiger partial charge in [0, 0.05) is 6.07 Å². The Hall–Kier alpha value is -4.33. The number of non-ortho nitro benzene ring substituents is 1. The van der Waals surface area contributed by atoms with Crippen molar-refractivity contribution in [2.45, 2.75) is 13.8 Å². The molecule has 0 saturated heterocycles. The Kier molecular flexibility index (Phi) is 6.51. The lowest BCUT2D eigenvalue weighted by Crippen LogP contribution is -2.00. The smallest absolute Gasteiger partial charge is 0.271 e. The van der Waals surface area contributed by atoms with Gasteiger partial charge in [0.25, 0.3) is 5.69 Å². The number of allylic oxidation sites excluding steroid dienone is 2. The van der Waals surface area contributed by atoms with Gasteiger partial charge in [0.1, 0.15) is 5.69 Å². The quantitative estimate of drug-likeness (QED) is 0.286. The van der Waals surface area contributed by atoms with Gasteiger partial charge in [0.15, 0.2) is 0 Å². The molecule has 156 valence electrons. The van der Waals surface area contributed by atoms with Gasteiger partial charge in [-0.05, 0) is 48.3 Å². The zero-order valence-corrected chi connectivity index (χ0v) is 17.0. The molecule has 0 atom stereocenters. The van der Waals surface area contributed by atoms with Gasteiger partial charge in [-0.25, -0.2) is 0 Å². The van der Waals surface area contributed by atoms with E-state index >= 15 is 0 Å². The van der Waals surface area contributed by atoms with E-state index in [1.807, 2.05) is 55.5 Å². The van der Waals surface area contributed by atoms with Crippen molar-refractivity contribution in [1.82, 2.24) is 0 Å². The van der Waals surface area contributed by atoms with Gasteiger partial charge < -0.3 is 0 Å². The predicted octanol–water partition coefficient (Wildman–Crippen LogP) is 6.06. The van der Waals surface area contributed by atoms with Gasteiger partial charge in [-0.15, -0.1) is 0 Å². The highest BCUT2D eigenvalue weighted by Crippen LogP contribution is 2.29. The standard InChI is InChI=1S/C23H20N4O4/c1-16(18-8-10-20(11-9-18)19-6-4-3-5-7-19)14-17(2)24-25-22-13-12-21(26(28)29)15-23(22)27(30)31/h3-15,25H,1-2H3/b16-14+,24-17+. The Labute approximate surface area is 178 Å². The van der Waals surface area contributed by atoms with Crippen molar-refractivity contribution in [3.63, 3.8) is 0 Å². The van der Waals surface area contributed by atoms with Crippen LogP contribution in [0.1, 0.15) is 19.4 Å². The summed E-state index contributed by atoms with van der Waals surface area (Å²) in [5.41, 5.74) is 6.79. The molecule has 0 heterocycles. The fourth-order valence-electron chi connectivity index (χ4n) is 3.01. The highest BCUT2D eigenvalue weighted by atomic mass is 16.6. The first-order chi connectivity index (χ1) is 14.8. The summed E-state index contributed by atoms with van der Waals surface area (Å²) in [6.07, 6.45) is 1.85. The van der Waals surface area contributed by atoms with Crippen LogP contribution in [-0.2, 0) is 0 Å². The molecule has 0 fully saturated rings. The third-order valence-electron chi connectivity index (χ3n) is 4.61. The molecule has 0 radical (unpaired) electrons. The third kappa shape index (κ3) is 5.39. The van der Waals surface area contributed by atoms with Crippen LogP contribution < -0.4 is 5.43 Å². The number of anilines is 1. The van der Waals surface area contributed by atoms with Gasteiger partial charge in [-0.2, -0.15) is 5.10 Å². The second-order valence-electron chi connectivity index (χ2n) is 6.85. The van der Waals surface area contributed by atoms with Crippen molar-refractivity contribution in [1.29, 1.82) is 0 Å². The van der Waals surface area contributed by atoms with Crippen molar-refractivity contribution in [2.75, 3.05) is 5.43 Å². The summed E-state index contributed by atoms with van der Waals surface area (Å²) in [6, 6.07) is 21.6. The van der Waals surface area contributed by atoms with E-state index in [2.05, 4.69) is 22.7 Å². The summed E-state index contributed by atoms with van der Waals surface area (Å²) < 4.78 is 0. The van der Waals surface area contributed by atoms with Crippen LogP contribution in [0, 0.1) is 20.2 Å². The van der Waals surface area contributed by atoms with Crippen LogP contribution in [0.2, 0.25) is 0 Å². The summed E-state index contributed by atoms with van der Waals surface area (Å²) >= 11 is 0. The first-order valence-corrected chi connectivity index (χ1v) is 9.42. The van der Waals surface area contributed by atoms with E-state index < -0.39 is 15.5 Å². The minimum absolute atomic E-state index is 0.0771. The molecule has 0 aliphatic rings. The van der Waals surface area contributed by atoms with E-state index in [0.717, 1.165) is 28.3 Å². The molecule has 0 aliphatic carbocycles. The van der Waals surface area contributed by atoms with Crippen LogP contribution in [0.15, 0.2) is 84.0 Å². The Bertz CT molecular complexity index is 1170. The van der Waals surface area contributed by atoms with Crippen LogP contribution >= 0.6 is 0 Å². The van der Waals surface area contributed by atoms with Crippen LogP contribution in [-0.4, -0.2) is 15.6 Å². The minimum Gasteiger partial charge on any atom is -0.271 e. The van der Waals surface area contributed by atoms with E-state index in [9.17, 15) is 20.2 Å². The van der Waals surface area contributed by atoms with Crippen molar-refractivity contribution >= 4 is 28.3 Å². The van der Waals surface area contributed by atoms with Gasteiger partial charge in [-0.1, -0.05) is 54.6 Å². The number of nitrogens with zero attached hydrogens (tertiary/aromatic N) is 3. The van der Waals surface area contributed by atoms with Crippen molar-refractivity contribution in [3.8, 4) is 11.1 Å². The first kappa shape index (κ1) is 21.4. The zero-order chi connectivity index (χ0) is 22.4. The maximum Gasteiger partial charge on any atom is 0.301 e. The number of hydrogen-bond donors (Lipinski definition) is 1. The molecule has 0 unspecified atom stereocenters. The first-order valence-electron chi connectivity index (χ1n) is 9.42. The molecular formula is C23H20N4O4. The lowest BCUT2D eigenvalue weighted by atomic mass is 10.0. The number of benzene rings is 3. The SMILES string of the molecule is C/C(=C\C(C)=N\Nc1ccc([N+](=O)[O-])cc1[N+](=O)[O-])c1ccc(-c2ccccc2)cc1. The monoisotopic (exact) mass is 416 g/mol. The Morgan fingerprint density at radius 2 is 1.52 bits per heavy atom. The molecular weight excluding hydrogens is 396 g/mol. The Balaban J connectivity index is 1.76. The van der Waals surface area contributed by atoms with Crippen LogP contribution in [0.3, 0.4) is 0 Å². The molecule has 0 bridgehead atoms. The summed E-state index contributed by atoms with van der Waals surface area (Å²) in [6.45, 7) is 3.71. The largest absolute Gasteiger partial charge is 0.301 e. The number of nitro groups is 2. The molecule has 3 aromatic carbocycles. The van der Waals surface area contributed by atoms with Gasteiger partial charge in [-0.3, -0.25) is 25.7 Å². The highest BCUT2D eigenvalue weighted by Gasteiger charge is 2.19.